The number of nitrogens with zero attached hydrogens (tertiary/aromatic N) is 4. The second kappa shape index (κ2) is 9.51. The van der Waals surface area contributed by atoms with Crippen molar-refractivity contribution in [3.05, 3.63) is 54.0 Å². The minimum Gasteiger partial charge on any atom is -0.475 e. The van der Waals surface area contributed by atoms with E-state index in [0.717, 1.165) is 17.4 Å². The number of aryl methyl sites for hydroxylation is 1. The molecule has 0 amide bonds. The zero-order chi connectivity index (χ0) is 23.6. The van der Waals surface area contributed by atoms with Gasteiger partial charge in [0, 0.05) is 24.2 Å². The van der Waals surface area contributed by atoms with Gasteiger partial charge in [-0.1, -0.05) is 29.8 Å². The van der Waals surface area contributed by atoms with E-state index >= 15 is 0 Å². The van der Waals surface area contributed by atoms with Crippen LogP contribution in [-0.4, -0.2) is 56.4 Å². The molecule has 176 valence electrons. The lowest BCUT2D eigenvalue weighted by Gasteiger charge is -2.30. The first-order chi connectivity index (χ1) is 15.7. The van der Waals surface area contributed by atoms with E-state index < -0.39 is 12.1 Å². The van der Waals surface area contributed by atoms with Crippen molar-refractivity contribution in [2.24, 2.45) is 5.92 Å². The number of likely N-dealkylation sites (tertiary alicyclic amines) is 1. The number of rotatable bonds is 4. The number of aromatic nitrogens is 3. The number of fused-ring (bicyclic) bond motifs is 1. The molecule has 1 aliphatic heterocycles. The highest BCUT2D eigenvalue weighted by Gasteiger charge is 2.38. The summed E-state index contributed by atoms with van der Waals surface area (Å²) in [7, 11) is 0. The molecule has 3 aromatic rings. The Bertz CT molecular complexity index is 1120. The first-order valence-corrected chi connectivity index (χ1v) is 11.1. The molecule has 2 aliphatic rings. The maximum Gasteiger partial charge on any atom is 0.490 e. The first kappa shape index (κ1) is 23.2. The lowest BCUT2D eigenvalue weighted by molar-refractivity contribution is -0.192. The van der Waals surface area contributed by atoms with Crippen molar-refractivity contribution in [1.29, 1.82) is 0 Å². The summed E-state index contributed by atoms with van der Waals surface area (Å²) >= 11 is 0. The Morgan fingerprint density at radius 3 is 2.39 bits per heavy atom. The molecule has 0 spiro atoms. The summed E-state index contributed by atoms with van der Waals surface area (Å²) in [4.78, 5) is 16.4. The third-order valence-electron chi connectivity index (χ3n) is 6.11. The predicted molar refractivity (Wildman–Crippen MR) is 118 cm³/mol. The van der Waals surface area contributed by atoms with E-state index in [1.165, 1.54) is 62.0 Å². The molecule has 2 fully saturated rings. The van der Waals surface area contributed by atoms with Crippen LogP contribution < -0.4 is 0 Å². The molecule has 9 heteroatoms. The summed E-state index contributed by atoms with van der Waals surface area (Å²) in [6.07, 6.45) is 2.29. The molecule has 6 nitrogen and oxygen atoms in total. The predicted octanol–water partition coefficient (Wildman–Crippen LogP) is 4.93. The number of hydrogen-bond acceptors (Lipinski definition) is 4. The molecule has 1 aromatic carbocycles. The molecule has 0 radical (unpaired) electrons. The van der Waals surface area contributed by atoms with Crippen LogP contribution in [-0.2, 0) is 4.79 Å². The monoisotopic (exact) mass is 460 g/mol. The van der Waals surface area contributed by atoms with E-state index in [-0.39, 0.29) is 0 Å². The zero-order valence-corrected chi connectivity index (χ0v) is 18.4. The number of pyridine rings is 1. The average molecular weight is 461 g/mol. The smallest absolute Gasteiger partial charge is 0.475 e. The fourth-order valence-corrected chi connectivity index (χ4v) is 4.11. The van der Waals surface area contributed by atoms with Gasteiger partial charge in [0.05, 0.1) is 0 Å². The van der Waals surface area contributed by atoms with Crippen LogP contribution in [0.25, 0.3) is 16.8 Å². The molecule has 1 aliphatic carbocycles. The molecule has 33 heavy (non-hydrogen) atoms. The van der Waals surface area contributed by atoms with Crippen molar-refractivity contribution in [3.63, 3.8) is 0 Å². The van der Waals surface area contributed by atoms with Gasteiger partial charge in [0.1, 0.15) is 0 Å². The van der Waals surface area contributed by atoms with Crippen molar-refractivity contribution >= 4 is 11.6 Å². The Hall–Kier alpha value is -2.94. The Balaban J connectivity index is 0.000000325. The molecule has 1 N–H and O–H groups in total. The van der Waals surface area contributed by atoms with E-state index in [4.69, 9.17) is 20.0 Å². The largest absolute Gasteiger partial charge is 0.490 e. The van der Waals surface area contributed by atoms with Gasteiger partial charge in [-0.2, -0.15) is 18.3 Å². The molecule has 3 heterocycles. The molecular weight excluding hydrogens is 433 g/mol. The summed E-state index contributed by atoms with van der Waals surface area (Å²) in [6, 6.07) is 12.9. The Labute approximate surface area is 190 Å². The van der Waals surface area contributed by atoms with E-state index in [1.807, 2.05) is 4.52 Å². The normalized spacial score (nSPS) is 17.6. The first-order valence-electron chi connectivity index (χ1n) is 11.1. The van der Waals surface area contributed by atoms with Crippen LogP contribution in [0.15, 0.2) is 42.6 Å². The van der Waals surface area contributed by atoms with E-state index in [0.29, 0.717) is 5.92 Å². The van der Waals surface area contributed by atoms with Crippen molar-refractivity contribution in [2.75, 3.05) is 19.6 Å². The van der Waals surface area contributed by atoms with E-state index in [2.05, 4.69) is 54.4 Å². The maximum atomic E-state index is 10.6. The number of aliphatic carboxylic acids is 1. The minimum atomic E-state index is -5.08. The fourth-order valence-electron chi connectivity index (χ4n) is 4.11. The van der Waals surface area contributed by atoms with E-state index in [1.54, 1.807) is 0 Å². The quantitative estimate of drug-likeness (QED) is 0.598. The molecule has 0 atom stereocenters. The Morgan fingerprint density at radius 2 is 1.79 bits per heavy atom. The van der Waals surface area contributed by atoms with Gasteiger partial charge in [-0.15, -0.1) is 0 Å². The van der Waals surface area contributed by atoms with Gasteiger partial charge in [-0.05, 0) is 69.3 Å². The van der Waals surface area contributed by atoms with Crippen LogP contribution in [0.3, 0.4) is 0 Å². The van der Waals surface area contributed by atoms with Crippen LogP contribution in [0.5, 0.6) is 0 Å². The fraction of sp³-hybridized carbons (Fsp3) is 0.458. The van der Waals surface area contributed by atoms with Gasteiger partial charge in [0.2, 0.25) is 0 Å². The van der Waals surface area contributed by atoms with Gasteiger partial charge in [-0.25, -0.2) is 14.3 Å². The summed E-state index contributed by atoms with van der Waals surface area (Å²) in [5, 5.41) is 12.0. The lowest BCUT2D eigenvalue weighted by atomic mass is 9.96. The summed E-state index contributed by atoms with van der Waals surface area (Å²) in [5.74, 6) is -0.238. The molecule has 5 rings (SSSR count). The number of alkyl halides is 3. The molecular formula is C24H27F3N4O2. The highest BCUT2D eigenvalue weighted by molar-refractivity contribution is 5.73. The van der Waals surface area contributed by atoms with Gasteiger partial charge >= 0.3 is 12.1 Å². The zero-order valence-electron chi connectivity index (χ0n) is 18.4. The highest BCUT2D eigenvalue weighted by Crippen LogP contribution is 2.33. The number of carboxylic acids is 1. The van der Waals surface area contributed by atoms with Gasteiger partial charge < -0.3 is 10.0 Å². The van der Waals surface area contributed by atoms with Crippen molar-refractivity contribution in [3.8, 4) is 11.1 Å². The number of carboxylic acid groups (broad SMARTS) is 1. The Kier molecular flexibility index (Phi) is 6.69. The number of hydrogen-bond donors (Lipinski definition) is 1. The topological polar surface area (TPSA) is 70.7 Å². The maximum absolute atomic E-state index is 10.6. The summed E-state index contributed by atoms with van der Waals surface area (Å²) in [5.41, 5.74) is 4.66. The van der Waals surface area contributed by atoms with Crippen LogP contribution >= 0.6 is 0 Å². The third kappa shape index (κ3) is 6.10. The number of carbonyl (C=O) groups is 1. The molecule has 1 saturated carbocycles. The van der Waals surface area contributed by atoms with Gasteiger partial charge in [0.15, 0.2) is 11.5 Å². The molecule has 2 aromatic heterocycles. The van der Waals surface area contributed by atoms with Crippen LogP contribution in [0.1, 0.15) is 43.0 Å². The van der Waals surface area contributed by atoms with Crippen molar-refractivity contribution in [2.45, 2.75) is 44.7 Å². The number of benzene rings is 1. The van der Waals surface area contributed by atoms with Crippen molar-refractivity contribution < 1.29 is 23.1 Å². The highest BCUT2D eigenvalue weighted by atomic mass is 19.4. The van der Waals surface area contributed by atoms with Crippen LogP contribution in [0.2, 0.25) is 0 Å². The van der Waals surface area contributed by atoms with Crippen LogP contribution in [0, 0.1) is 12.8 Å². The molecule has 0 bridgehead atoms. The summed E-state index contributed by atoms with van der Waals surface area (Å²) in [6.45, 7) is 5.84. The second-order valence-corrected chi connectivity index (χ2v) is 8.88. The molecule has 1 saturated heterocycles. The SMILES string of the molecule is Cc1cccc(-c2ccc3nc(C4CCN(CC5CC5)CC4)nn3c2)c1.O=C(O)C(F)(F)F. The van der Waals surface area contributed by atoms with E-state index in [9.17, 15) is 13.2 Å². The average Bonchev–Trinajstić information content (AvgIpc) is 3.48. The van der Waals surface area contributed by atoms with Gasteiger partial charge in [-0.3, -0.25) is 0 Å². The van der Waals surface area contributed by atoms with Crippen molar-refractivity contribution in [1.82, 2.24) is 19.5 Å². The lowest BCUT2D eigenvalue weighted by Crippen LogP contribution is -2.34. The number of piperidine rings is 1. The minimum absolute atomic E-state index is 0.507. The molecule has 0 unspecified atom stereocenters. The second-order valence-electron chi connectivity index (χ2n) is 8.88. The third-order valence-corrected chi connectivity index (χ3v) is 6.11. The number of halogens is 3. The van der Waals surface area contributed by atoms with Crippen LogP contribution in [0.4, 0.5) is 13.2 Å². The standard InChI is InChI=1S/C22H26N4.C2HF3O2/c1-16-3-2-4-19(13-16)20-7-8-21-23-22(24-26(21)15-20)18-9-11-25(12-10-18)14-17-5-6-17;3-2(4,5)1(6)7/h2-4,7-8,13,15,17-18H,5-6,9-12,14H2,1H3;(H,6,7). The Morgan fingerprint density at radius 1 is 1.09 bits per heavy atom. The summed E-state index contributed by atoms with van der Waals surface area (Å²) < 4.78 is 33.7. The van der Waals surface area contributed by atoms with Gasteiger partial charge in [0.25, 0.3) is 0 Å².